The van der Waals surface area contributed by atoms with Crippen molar-refractivity contribution >= 4 is 11.7 Å². The summed E-state index contributed by atoms with van der Waals surface area (Å²) in [5.41, 5.74) is 2.48. The molecule has 2 N–H and O–H groups in total. The fourth-order valence-corrected chi connectivity index (χ4v) is 1.93. The molecule has 0 saturated heterocycles. The Morgan fingerprint density at radius 1 is 1.37 bits per heavy atom. The minimum absolute atomic E-state index is 0.221. The Labute approximate surface area is 112 Å². The summed E-state index contributed by atoms with van der Waals surface area (Å²) >= 11 is 0. The number of benzene rings is 1. The first-order valence-corrected chi connectivity index (χ1v) is 6.25. The molecule has 100 valence electrons. The average Bonchev–Trinajstić information content (AvgIpc) is 2.78. The Hall–Kier alpha value is -2.23. The van der Waals surface area contributed by atoms with E-state index in [1.54, 1.807) is 13.0 Å². The third-order valence-corrected chi connectivity index (χ3v) is 3.00. The Morgan fingerprint density at radius 2 is 2.16 bits per heavy atom. The van der Waals surface area contributed by atoms with Gasteiger partial charge in [-0.2, -0.15) is 0 Å². The molecule has 1 aromatic carbocycles. The van der Waals surface area contributed by atoms with Crippen molar-refractivity contribution in [1.82, 2.24) is 0 Å². The minimum atomic E-state index is -0.958. The van der Waals surface area contributed by atoms with Crippen molar-refractivity contribution in [3.8, 4) is 0 Å². The van der Waals surface area contributed by atoms with Crippen LogP contribution in [0.1, 0.15) is 34.4 Å². The van der Waals surface area contributed by atoms with Crippen LogP contribution in [0.5, 0.6) is 0 Å². The lowest BCUT2D eigenvalue weighted by Crippen LogP contribution is -1.99. The van der Waals surface area contributed by atoms with E-state index in [-0.39, 0.29) is 5.56 Å². The highest BCUT2D eigenvalue weighted by molar-refractivity contribution is 5.88. The summed E-state index contributed by atoms with van der Waals surface area (Å²) < 4.78 is 5.41. The fourth-order valence-electron chi connectivity index (χ4n) is 1.93. The van der Waals surface area contributed by atoms with Crippen molar-refractivity contribution in [3.63, 3.8) is 0 Å². The van der Waals surface area contributed by atoms with E-state index in [0.29, 0.717) is 18.1 Å². The van der Waals surface area contributed by atoms with Crippen molar-refractivity contribution in [3.05, 3.63) is 53.0 Å². The highest BCUT2D eigenvalue weighted by Crippen LogP contribution is 2.17. The van der Waals surface area contributed by atoms with Gasteiger partial charge in [0.05, 0.1) is 6.54 Å². The summed E-state index contributed by atoms with van der Waals surface area (Å²) in [6.07, 6.45) is 0.985. The first kappa shape index (κ1) is 13.2. The van der Waals surface area contributed by atoms with E-state index in [2.05, 4.69) is 24.4 Å². The van der Waals surface area contributed by atoms with Crippen molar-refractivity contribution in [2.75, 3.05) is 5.32 Å². The fraction of sp³-hybridized carbons (Fsp3) is 0.267. The molecule has 0 radical (unpaired) electrons. The smallest absolute Gasteiger partial charge is 0.339 e. The van der Waals surface area contributed by atoms with Crippen LogP contribution >= 0.6 is 0 Å². The summed E-state index contributed by atoms with van der Waals surface area (Å²) in [5.74, 6) is 0.101. The zero-order valence-corrected chi connectivity index (χ0v) is 11.1. The van der Waals surface area contributed by atoms with Crippen LogP contribution in [0.4, 0.5) is 5.69 Å². The zero-order chi connectivity index (χ0) is 13.8. The molecule has 0 aliphatic rings. The van der Waals surface area contributed by atoms with Gasteiger partial charge in [-0.05, 0) is 37.1 Å². The van der Waals surface area contributed by atoms with Gasteiger partial charge in [0.1, 0.15) is 17.1 Å². The molecule has 0 spiro atoms. The lowest BCUT2D eigenvalue weighted by Gasteiger charge is -2.05. The maximum Gasteiger partial charge on any atom is 0.339 e. The molecule has 1 aromatic heterocycles. The Balaban J connectivity index is 2.06. The number of furan rings is 1. The quantitative estimate of drug-likeness (QED) is 0.863. The van der Waals surface area contributed by atoms with Gasteiger partial charge in [-0.15, -0.1) is 0 Å². The Morgan fingerprint density at radius 3 is 2.79 bits per heavy atom. The molecular weight excluding hydrogens is 242 g/mol. The van der Waals surface area contributed by atoms with Gasteiger partial charge in [-0.3, -0.25) is 0 Å². The number of carbonyl (C=O) groups is 1. The molecule has 0 unspecified atom stereocenters. The second-order valence-electron chi connectivity index (χ2n) is 4.40. The van der Waals surface area contributed by atoms with E-state index >= 15 is 0 Å². The van der Waals surface area contributed by atoms with E-state index in [9.17, 15) is 4.79 Å². The van der Waals surface area contributed by atoms with E-state index < -0.39 is 5.97 Å². The maximum absolute atomic E-state index is 10.9. The topological polar surface area (TPSA) is 62.5 Å². The lowest BCUT2D eigenvalue weighted by molar-refractivity contribution is 0.0695. The van der Waals surface area contributed by atoms with Crippen LogP contribution in [0.25, 0.3) is 0 Å². The van der Waals surface area contributed by atoms with E-state index in [0.717, 1.165) is 12.1 Å². The Bertz CT molecular complexity index is 587. The van der Waals surface area contributed by atoms with Gasteiger partial charge >= 0.3 is 5.97 Å². The summed E-state index contributed by atoms with van der Waals surface area (Å²) in [6.45, 7) is 4.24. The van der Waals surface area contributed by atoms with Gasteiger partial charge in [0.2, 0.25) is 0 Å². The molecule has 2 rings (SSSR count). The zero-order valence-electron chi connectivity index (χ0n) is 11.1. The monoisotopic (exact) mass is 259 g/mol. The second kappa shape index (κ2) is 5.61. The predicted molar refractivity (Wildman–Crippen MR) is 73.6 cm³/mol. The highest BCUT2D eigenvalue weighted by atomic mass is 16.4. The number of aromatic carboxylic acids is 1. The third-order valence-electron chi connectivity index (χ3n) is 3.00. The molecule has 4 heteroatoms. The number of carboxylic acids is 1. The summed E-state index contributed by atoms with van der Waals surface area (Å²) in [4.78, 5) is 10.9. The summed E-state index contributed by atoms with van der Waals surface area (Å²) in [6, 6.07) is 9.69. The lowest BCUT2D eigenvalue weighted by atomic mass is 10.1. The predicted octanol–water partition coefficient (Wildman–Crippen LogP) is 3.46. The molecule has 4 nitrogen and oxygen atoms in total. The molecule has 0 aliphatic heterocycles. The van der Waals surface area contributed by atoms with Crippen LogP contribution < -0.4 is 5.32 Å². The largest absolute Gasteiger partial charge is 0.478 e. The van der Waals surface area contributed by atoms with E-state index in [1.165, 1.54) is 5.56 Å². The molecule has 2 aromatic rings. The first-order chi connectivity index (χ1) is 9.10. The molecule has 0 amide bonds. The van der Waals surface area contributed by atoms with Crippen molar-refractivity contribution in [2.24, 2.45) is 0 Å². The number of hydrogen-bond acceptors (Lipinski definition) is 3. The first-order valence-electron chi connectivity index (χ1n) is 6.25. The van der Waals surface area contributed by atoms with Gasteiger partial charge in [0.25, 0.3) is 0 Å². The molecule has 1 heterocycles. The van der Waals surface area contributed by atoms with E-state index in [4.69, 9.17) is 9.52 Å². The molecule has 19 heavy (non-hydrogen) atoms. The Kier molecular flexibility index (Phi) is 3.90. The molecule has 0 bridgehead atoms. The van der Waals surface area contributed by atoms with Crippen molar-refractivity contribution < 1.29 is 14.3 Å². The summed E-state index contributed by atoms with van der Waals surface area (Å²) in [5, 5.41) is 12.2. The number of aryl methyl sites for hydroxylation is 2. The number of anilines is 1. The van der Waals surface area contributed by atoms with Crippen LogP contribution in [-0.4, -0.2) is 11.1 Å². The van der Waals surface area contributed by atoms with Gasteiger partial charge in [0, 0.05) is 5.69 Å². The third kappa shape index (κ3) is 3.16. The number of hydrogen-bond donors (Lipinski definition) is 2. The maximum atomic E-state index is 10.9. The van der Waals surface area contributed by atoms with Crippen LogP contribution in [0.3, 0.4) is 0 Å². The van der Waals surface area contributed by atoms with Crippen LogP contribution in [0.15, 0.2) is 34.7 Å². The highest BCUT2D eigenvalue weighted by Gasteiger charge is 2.13. The number of nitrogens with one attached hydrogen (secondary N) is 1. The number of rotatable bonds is 5. The molecular formula is C15H17NO3. The van der Waals surface area contributed by atoms with Crippen LogP contribution in [0, 0.1) is 6.92 Å². The van der Waals surface area contributed by atoms with Gasteiger partial charge in [-0.25, -0.2) is 4.79 Å². The van der Waals surface area contributed by atoms with Gasteiger partial charge in [-0.1, -0.05) is 19.1 Å². The average molecular weight is 259 g/mol. The van der Waals surface area contributed by atoms with Crippen LogP contribution in [0.2, 0.25) is 0 Å². The molecule has 0 fully saturated rings. The normalized spacial score (nSPS) is 10.4. The summed E-state index contributed by atoms with van der Waals surface area (Å²) in [7, 11) is 0. The molecule has 0 aliphatic carbocycles. The van der Waals surface area contributed by atoms with E-state index in [1.807, 2.05) is 12.1 Å². The van der Waals surface area contributed by atoms with Crippen LogP contribution in [-0.2, 0) is 13.0 Å². The minimum Gasteiger partial charge on any atom is -0.478 e. The SMILES string of the molecule is CCc1cccc(NCc2cc(C(=O)O)c(C)o2)c1. The van der Waals surface area contributed by atoms with Gasteiger partial charge in [0.15, 0.2) is 0 Å². The van der Waals surface area contributed by atoms with Crippen molar-refractivity contribution in [1.29, 1.82) is 0 Å². The van der Waals surface area contributed by atoms with Crippen molar-refractivity contribution in [2.45, 2.75) is 26.8 Å². The second-order valence-corrected chi connectivity index (χ2v) is 4.40. The molecule has 0 saturated carbocycles. The van der Waals surface area contributed by atoms with Gasteiger partial charge < -0.3 is 14.8 Å². The number of carboxylic acid groups (broad SMARTS) is 1. The standard InChI is InChI=1S/C15H17NO3/c1-3-11-5-4-6-12(7-11)16-9-13-8-14(15(17)18)10(2)19-13/h4-8,16H,3,9H2,1-2H3,(H,17,18). The molecule has 0 atom stereocenters.